The second kappa shape index (κ2) is 7.96. The van der Waals surface area contributed by atoms with Crippen molar-refractivity contribution in [3.05, 3.63) is 53.8 Å². The zero-order valence-corrected chi connectivity index (χ0v) is 18.3. The Labute approximate surface area is 178 Å². The number of fused-ring (bicyclic) bond motifs is 1. The largest absolute Gasteiger partial charge is 0.345 e. The van der Waals surface area contributed by atoms with Crippen LogP contribution in [0.1, 0.15) is 24.2 Å². The number of piperazine rings is 1. The SMILES string of the molecule is CC(C)S(=O)(=O)c1cccc(C(=O)N2CCN(c3nc4c(F)cccc4s3)CC2)c1. The van der Waals surface area contributed by atoms with Crippen molar-refractivity contribution in [2.75, 3.05) is 31.1 Å². The van der Waals surface area contributed by atoms with Crippen LogP contribution in [0, 0.1) is 5.82 Å². The Morgan fingerprint density at radius 2 is 1.80 bits per heavy atom. The number of benzene rings is 2. The van der Waals surface area contributed by atoms with Crippen LogP contribution in [0.3, 0.4) is 0 Å². The van der Waals surface area contributed by atoms with Gasteiger partial charge in [0.15, 0.2) is 15.0 Å². The van der Waals surface area contributed by atoms with Gasteiger partial charge in [0, 0.05) is 31.7 Å². The highest BCUT2D eigenvalue weighted by atomic mass is 32.2. The second-order valence-electron chi connectivity index (χ2n) is 7.48. The maximum absolute atomic E-state index is 13.9. The average Bonchev–Trinajstić information content (AvgIpc) is 3.19. The summed E-state index contributed by atoms with van der Waals surface area (Å²) >= 11 is 1.44. The Kier molecular flexibility index (Phi) is 5.50. The minimum Gasteiger partial charge on any atom is -0.345 e. The number of halogens is 1. The summed E-state index contributed by atoms with van der Waals surface area (Å²) in [5, 5.41) is 0.192. The number of anilines is 1. The first kappa shape index (κ1) is 20.7. The molecule has 6 nitrogen and oxygen atoms in total. The molecular formula is C21H22FN3O3S2. The van der Waals surface area contributed by atoms with Crippen LogP contribution in [0.15, 0.2) is 47.4 Å². The van der Waals surface area contributed by atoms with Crippen molar-refractivity contribution in [1.82, 2.24) is 9.88 Å². The van der Waals surface area contributed by atoms with Gasteiger partial charge in [0.2, 0.25) is 0 Å². The smallest absolute Gasteiger partial charge is 0.254 e. The molecule has 2 heterocycles. The predicted octanol–water partition coefficient (Wildman–Crippen LogP) is 3.58. The van der Waals surface area contributed by atoms with Crippen LogP contribution < -0.4 is 4.90 Å². The van der Waals surface area contributed by atoms with Crippen molar-refractivity contribution in [3.8, 4) is 0 Å². The molecule has 0 N–H and O–H groups in total. The van der Waals surface area contributed by atoms with Gasteiger partial charge in [-0.3, -0.25) is 4.79 Å². The molecule has 3 aromatic rings. The molecule has 1 fully saturated rings. The van der Waals surface area contributed by atoms with Crippen LogP contribution >= 0.6 is 11.3 Å². The molecule has 2 aromatic carbocycles. The van der Waals surface area contributed by atoms with Crippen LogP contribution in [0.2, 0.25) is 0 Å². The molecule has 0 saturated carbocycles. The normalized spacial score (nSPS) is 15.2. The van der Waals surface area contributed by atoms with Gasteiger partial charge in [-0.15, -0.1) is 0 Å². The van der Waals surface area contributed by atoms with E-state index in [0.29, 0.717) is 37.3 Å². The summed E-state index contributed by atoms with van der Waals surface area (Å²) in [6, 6.07) is 11.1. The summed E-state index contributed by atoms with van der Waals surface area (Å²) in [6.07, 6.45) is 0. The fraction of sp³-hybridized carbons (Fsp3) is 0.333. The highest BCUT2D eigenvalue weighted by Crippen LogP contribution is 2.31. The van der Waals surface area contributed by atoms with Gasteiger partial charge in [-0.05, 0) is 44.2 Å². The topological polar surface area (TPSA) is 70.6 Å². The van der Waals surface area contributed by atoms with Gasteiger partial charge in [-0.2, -0.15) is 0 Å². The number of hydrogen-bond donors (Lipinski definition) is 0. The molecule has 30 heavy (non-hydrogen) atoms. The van der Waals surface area contributed by atoms with Crippen molar-refractivity contribution < 1.29 is 17.6 Å². The van der Waals surface area contributed by atoms with Crippen molar-refractivity contribution in [1.29, 1.82) is 0 Å². The van der Waals surface area contributed by atoms with E-state index in [2.05, 4.69) is 4.98 Å². The standard InChI is InChI=1S/C21H22FN3O3S2/c1-14(2)30(27,28)16-6-3-5-15(13-16)20(26)24-9-11-25(12-10-24)21-23-19-17(22)7-4-8-18(19)29-21/h3-8,13-14H,9-12H2,1-2H3. The molecule has 1 aromatic heterocycles. The van der Waals surface area contributed by atoms with Crippen molar-refractivity contribution in [3.63, 3.8) is 0 Å². The summed E-state index contributed by atoms with van der Waals surface area (Å²) in [7, 11) is -3.44. The van der Waals surface area contributed by atoms with Crippen LogP contribution in [0.5, 0.6) is 0 Å². The predicted molar refractivity (Wildman–Crippen MR) is 116 cm³/mol. The molecule has 4 rings (SSSR count). The van der Waals surface area contributed by atoms with E-state index in [4.69, 9.17) is 0 Å². The second-order valence-corrected chi connectivity index (χ2v) is 11.0. The zero-order valence-electron chi connectivity index (χ0n) is 16.7. The molecule has 0 spiro atoms. The summed E-state index contributed by atoms with van der Waals surface area (Å²) < 4.78 is 39.5. The summed E-state index contributed by atoms with van der Waals surface area (Å²) in [5.74, 6) is -0.522. The summed E-state index contributed by atoms with van der Waals surface area (Å²) in [4.78, 5) is 21.3. The van der Waals surface area contributed by atoms with Gasteiger partial charge < -0.3 is 9.80 Å². The maximum atomic E-state index is 13.9. The lowest BCUT2D eigenvalue weighted by Crippen LogP contribution is -2.48. The number of para-hydroxylation sites is 1. The minimum atomic E-state index is -3.44. The van der Waals surface area contributed by atoms with Gasteiger partial charge in [0.25, 0.3) is 5.91 Å². The van der Waals surface area contributed by atoms with Gasteiger partial charge in [0.1, 0.15) is 11.3 Å². The third-order valence-corrected chi connectivity index (χ3v) is 8.46. The van der Waals surface area contributed by atoms with E-state index in [0.717, 1.165) is 9.83 Å². The molecule has 0 bridgehead atoms. The Hall–Kier alpha value is -2.52. The Morgan fingerprint density at radius 1 is 1.10 bits per heavy atom. The molecular weight excluding hydrogens is 425 g/mol. The molecule has 0 atom stereocenters. The first-order valence-corrected chi connectivity index (χ1v) is 12.1. The molecule has 0 aliphatic carbocycles. The monoisotopic (exact) mass is 447 g/mol. The molecule has 1 amide bonds. The quantitative estimate of drug-likeness (QED) is 0.611. The minimum absolute atomic E-state index is 0.165. The number of rotatable bonds is 4. The molecule has 0 unspecified atom stereocenters. The lowest BCUT2D eigenvalue weighted by atomic mass is 10.2. The number of thiazole rings is 1. The zero-order chi connectivity index (χ0) is 21.5. The van der Waals surface area contributed by atoms with Crippen LogP contribution in [-0.4, -0.2) is 55.6 Å². The van der Waals surface area contributed by atoms with Crippen molar-refractivity contribution >= 4 is 42.4 Å². The van der Waals surface area contributed by atoms with Gasteiger partial charge in [0.05, 0.1) is 14.8 Å². The number of carbonyl (C=O) groups is 1. The number of hydrogen-bond acceptors (Lipinski definition) is 6. The summed E-state index contributed by atoms with van der Waals surface area (Å²) in [6.45, 7) is 5.37. The maximum Gasteiger partial charge on any atom is 0.254 e. The van der Waals surface area contributed by atoms with Crippen LogP contribution in [-0.2, 0) is 9.84 Å². The molecule has 1 aliphatic rings. The van der Waals surface area contributed by atoms with Crippen molar-refractivity contribution in [2.45, 2.75) is 24.0 Å². The Morgan fingerprint density at radius 3 is 2.47 bits per heavy atom. The van der Waals surface area contributed by atoms with Gasteiger partial charge in [-0.1, -0.05) is 23.5 Å². The fourth-order valence-electron chi connectivity index (χ4n) is 3.40. The fourth-order valence-corrected chi connectivity index (χ4v) is 5.54. The number of aromatic nitrogens is 1. The van der Waals surface area contributed by atoms with Gasteiger partial charge >= 0.3 is 0 Å². The van der Waals surface area contributed by atoms with E-state index >= 15 is 0 Å². The first-order valence-electron chi connectivity index (χ1n) is 9.70. The molecule has 158 valence electrons. The number of amides is 1. The van der Waals surface area contributed by atoms with E-state index in [9.17, 15) is 17.6 Å². The summed E-state index contributed by atoms with van der Waals surface area (Å²) in [5.41, 5.74) is 0.742. The van der Waals surface area contributed by atoms with Gasteiger partial charge in [-0.25, -0.2) is 17.8 Å². The lowest BCUT2D eigenvalue weighted by Gasteiger charge is -2.34. The lowest BCUT2D eigenvalue weighted by molar-refractivity contribution is 0.0746. The highest BCUT2D eigenvalue weighted by molar-refractivity contribution is 7.92. The average molecular weight is 448 g/mol. The molecule has 0 radical (unpaired) electrons. The molecule has 9 heteroatoms. The van der Waals surface area contributed by atoms with E-state index in [1.54, 1.807) is 36.9 Å². The molecule has 1 aliphatic heterocycles. The highest BCUT2D eigenvalue weighted by Gasteiger charge is 2.26. The van der Waals surface area contributed by atoms with E-state index in [1.807, 2.05) is 11.0 Å². The Balaban J connectivity index is 1.47. The van der Waals surface area contributed by atoms with E-state index < -0.39 is 15.1 Å². The Bertz CT molecular complexity index is 1200. The number of carbonyl (C=O) groups excluding carboxylic acids is 1. The van der Waals surface area contributed by atoms with E-state index in [-0.39, 0.29) is 16.6 Å². The number of nitrogens with zero attached hydrogens (tertiary/aromatic N) is 3. The first-order chi connectivity index (χ1) is 14.3. The third kappa shape index (κ3) is 3.79. The van der Waals surface area contributed by atoms with E-state index in [1.165, 1.54) is 29.5 Å². The van der Waals surface area contributed by atoms with Crippen molar-refractivity contribution in [2.24, 2.45) is 0 Å². The number of sulfone groups is 1. The molecule has 1 saturated heterocycles. The van der Waals surface area contributed by atoms with Crippen LogP contribution in [0.4, 0.5) is 9.52 Å². The van der Waals surface area contributed by atoms with Crippen LogP contribution in [0.25, 0.3) is 10.2 Å². The third-order valence-electron chi connectivity index (χ3n) is 5.23.